The van der Waals surface area contributed by atoms with Crippen molar-refractivity contribution >= 4 is 97.1 Å². The number of rotatable bonds is 3. The van der Waals surface area contributed by atoms with Gasteiger partial charge in [-0.05, 0) is 83.9 Å². The molecule has 0 unspecified atom stereocenters. The molecule has 0 bridgehead atoms. The minimum atomic E-state index is 0.604. The molecular weight excluding hydrogens is 679 g/mol. The number of hydrogen-bond donors (Lipinski definition) is 0. The van der Waals surface area contributed by atoms with E-state index in [0.29, 0.717) is 5.56 Å². The van der Waals surface area contributed by atoms with Crippen LogP contribution in [0, 0.1) is 11.3 Å². The smallest absolute Gasteiger partial charge is 0.145 e. The molecule has 4 nitrogen and oxygen atoms in total. The van der Waals surface area contributed by atoms with Crippen LogP contribution >= 0.6 is 11.3 Å². The van der Waals surface area contributed by atoms with E-state index in [9.17, 15) is 5.26 Å². The second-order valence-corrected chi connectivity index (χ2v) is 15.1. The zero-order chi connectivity index (χ0) is 35.5. The highest BCUT2D eigenvalue weighted by Crippen LogP contribution is 2.44. The molecule has 0 aliphatic rings. The van der Waals surface area contributed by atoms with Crippen molar-refractivity contribution in [1.82, 2.24) is 9.13 Å². The summed E-state index contributed by atoms with van der Waals surface area (Å²) >= 11 is 1.87. The first-order chi connectivity index (χ1) is 26.7. The Bertz CT molecular complexity index is 3590. The molecule has 4 heterocycles. The van der Waals surface area contributed by atoms with E-state index in [1.807, 2.05) is 35.6 Å². The molecule has 0 amide bonds. The lowest BCUT2D eigenvalue weighted by Crippen LogP contribution is -1.97. The lowest BCUT2D eigenvalue weighted by molar-refractivity contribution is 0.673. The van der Waals surface area contributed by atoms with E-state index in [1.165, 1.54) is 42.0 Å². The quantitative estimate of drug-likeness (QED) is 0.184. The fourth-order valence-electron chi connectivity index (χ4n) is 8.82. The average Bonchev–Trinajstić information content (AvgIpc) is 3.98. The molecule has 12 rings (SSSR count). The lowest BCUT2D eigenvalue weighted by Gasteiger charge is -2.13. The maximum atomic E-state index is 10.4. The minimum Gasteiger partial charge on any atom is -0.455 e. The van der Waals surface area contributed by atoms with Crippen LogP contribution in [0.25, 0.3) is 108 Å². The van der Waals surface area contributed by atoms with Crippen LogP contribution in [-0.2, 0) is 0 Å². The van der Waals surface area contributed by atoms with Crippen LogP contribution in [-0.4, -0.2) is 9.13 Å². The van der Waals surface area contributed by atoms with Crippen LogP contribution in [0.5, 0.6) is 0 Å². The highest BCUT2D eigenvalue weighted by atomic mass is 32.1. The van der Waals surface area contributed by atoms with Gasteiger partial charge in [-0.15, -0.1) is 11.3 Å². The summed E-state index contributed by atoms with van der Waals surface area (Å²) in [6.07, 6.45) is 0. The van der Waals surface area contributed by atoms with Gasteiger partial charge in [-0.2, -0.15) is 5.26 Å². The summed E-state index contributed by atoms with van der Waals surface area (Å²) in [6.45, 7) is 0. The number of aromatic nitrogens is 2. The van der Waals surface area contributed by atoms with E-state index >= 15 is 0 Å². The van der Waals surface area contributed by atoms with E-state index in [-0.39, 0.29) is 0 Å². The number of para-hydroxylation sites is 3. The van der Waals surface area contributed by atoms with Crippen LogP contribution in [0.4, 0.5) is 0 Å². The highest BCUT2D eigenvalue weighted by Gasteiger charge is 2.21. The van der Waals surface area contributed by atoms with Gasteiger partial charge in [-0.1, -0.05) is 91.0 Å². The molecule has 12 aromatic rings. The molecule has 5 heteroatoms. The molecule has 0 fully saturated rings. The Morgan fingerprint density at radius 3 is 1.93 bits per heavy atom. The molecule has 8 aromatic carbocycles. The molecule has 0 spiro atoms. The summed E-state index contributed by atoms with van der Waals surface area (Å²) in [5.41, 5.74) is 10.8. The SMILES string of the molecule is N#Cc1cc(-c2cccc(-n3c4ccccc4c4c5sc6ccccc6c5ccc43)c2)cc(-n2c3ccccc3c3c4oc5ccccc5c4ccc32)c1. The van der Waals surface area contributed by atoms with Gasteiger partial charge < -0.3 is 13.6 Å². The van der Waals surface area contributed by atoms with E-state index < -0.39 is 0 Å². The zero-order valence-electron chi connectivity index (χ0n) is 28.7. The highest BCUT2D eigenvalue weighted by molar-refractivity contribution is 7.26. The predicted molar refractivity (Wildman–Crippen MR) is 225 cm³/mol. The van der Waals surface area contributed by atoms with E-state index in [0.717, 1.165) is 66.2 Å². The first-order valence-corrected chi connectivity index (χ1v) is 18.9. The maximum Gasteiger partial charge on any atom is 0.145 e. The third-order valence-corrected chi connectivity index (χ3v) is 12.3. The average molecular weight is 706 g/mol. The van der Waals surface area contributed by atoms with Crippen molar-refractivity contribution < 1.29 is 4.42 Å². The topological polar surface area (TPSA) is 46.8 Å². The van der Waals surface area contributed by atoms with Gasteiger partial charge in [0.15, 0.2) is 0 Å². The summed E-state index contributed by atoms with van der Waals surface area (Å²) in [7, 11) is 0. The Kier molecular flexibility index (Phi) is 5.97. The van der Waals surface area contributed by atoms with Crippen molar-refractivity contribution in [3.05, 3.63) is 169 Å². The molecule has 0 N–H and O–H groups in total. The Morgan fingerprint density at radius 2 is 1.11 bits per heavy atom. The van der Waals surface area contributed by atoms with Crippen molar-refractivity contribution in [3.8, 4) is 28.6 Å². The van der Waals surface area contributed by atoms with Crippen molar-refractivity contribution in [1.29, 1.82) is 5.26 Å². The first-order valence-electron chi connectivity index (χ1n) is 18.1. The fraction of sp³-hybridized carbons (Fsp3) is 0. The van der Waals surface area contributed by atoms with Crippen LogP contribution in [0.2, 0.25) is 0 Å². The number of nitriles is 1. The lowest BCUT2D eigenvalue weighted by atomic mass is 10.0. The molecular formula is C49H27N3OS. The predicted octanol–water partition coefficient (Wildman–Crippen LogP) is 13.7. The monoisotopic (exact) mass is 705 g/mol. The standard InChI is InChI=1S/C49H27N3OS/c50-28-29-24-31(27-33(25-29)52-40-16-5-1-14-38(40)46-42(52)22-20-36-34-12-3-7-18-44(34)53-48(36)46)30-10-9-11-32(26-30)51-41-17-6-2-15-39(41)47-43(51)23-21-37-35-13-4-8-19-45(35)54-49(37)47/h1-27H. The largest absolute Gasteiger partial charge is 0.455 e. The van der Waals surface area contributed by atoms with E-state index in [1.54, 1.807) is 0 Å². The van der Waals surface area contributed by atoms with Gasteiger partial charge in [-0.25, -0.2) is 0 Å². The molecule has 0 saturated carbocycles. The summed E-state index contributed by atoms with van der Waals surface area (Å²) in [5.74, 6) is 0. The molecule has 250 valence electrons. The number of nitrogens with zero attached hydrogens (tertiary/aromatic N) is 3. The van der Waals surface area contributed by atoms with Gasteiger partial charge in [0.25, 0.3) is 0 Å². The molecule has 54 heavy (non-hydrogen) atoms. The maximum absolute atomic E-state index is 10.4. The molecule has 4 aromatic heterocycles. The van der Waals surface area contributed by atoms with Gasteiger partial charge in [0.2, 0.25) is 0 Å². The normalized spacial score (nSPS) is 12.1. The van der Waals surface area contributed by atoms with Crippen LogP contribution < -0.4 is 0 Å². The van der Waals surface area contributed by atoms with E-state index in [4.69, 9.17) is 4.42 Å². The van der Waals surface area contributed by atoms with Gasteiger partial charge in [-0.3, -0.25) is 0 Å². The van der Waals surface area contributed by atoms with Crippen molar-refractivity contribution in [2.24, 2.45) is 0 Å². The van der Waals surface area contributed by atoms with E-state index in [2.05, 4.69) is 155 Å². The van der Waals surface area contributed by atoms with Crippen molar-refractivity contribution in [2.45, 2.75) is 0 Å². The minimum absolute atomic E-state index is 0.604. The van der Waals surface area contributed by atoms with Crippen LogP contribution in [0.3, 0.4) is 0 Å². The van der Waals surface area contributed by atoms with Crippen molar-refractivity contribution in [2.75, 3.05) is 0 Å². The van der Waals surface area contributed by atoms with Crippen LogP contribution in [0.1, 0.15) is 5.56 Å². The number of thiophene rings is 1. The number of fused-ring (bicyclic) bond motifs is 14. The Balaban J connectivity index is 1.08. The Hall–Kier alpha value is -7.13. The molecule has 0 aliphatic heterocycles. The fourth-order valence-corrected chi connectivity index (χ4v) is 10.1. The summed E-state index contributed by atoms with van der Waals surface area (Å²) in [4.78, 5) is 0. The third kappa shape index (κ3) is 4.00. The first kappa shape index (κ1) is 29.4. The number of hydrogen-bond acceptors (Lipinski definition) is 3. The van der Waals surface area contributed by atoms with Crippen molar-refractivity contribution in [3.63, 3.8) is 0 Å². The summed E-state index contributed by atoms with van der Waals surface area (Å²) < 4.78 is 13.8. The Labute approximate surface area is 312 Å². The zero-order valence-corrected chi connectivity index (χ0v) is 29.6. The second kappa shape index (κ2) is 10.9. The van der Waals surface area contributed by atoms with Gasteiger partial charge in [0.1, 0.15) is 11.2 Å². The molecule has 0 saturated heterocycles. The third-order valence-electron chi connectivity index (χ3n) is 11.1. The summed E-state index contributed by atoms with van der Waals surface area (Å²) in [6, 6.07) is 60.4. The number of benzene rings is 8. The van der Waals surface area contributed by atoms with Gasteiger partial charge in [0.05, 0.1) is 39.1 Å². The molecule has 0 aliphatic carbocycles. The van der Waals surface area contributed by atoms with Gasteiger partial charge >= 0.3 is 0 Å². The summed E-state index contributed by atoms with van der Waals surface area (Å²) in [5, 5.41) is 19.9. The molecule has 0 atom stereocenters. The molecule has 0 radical (unpaired) electrons. The Morgan fingerprint density at radius 1 is 0.463 bits per heavy atom. The second-order valence-electron chi connectivity index (χ2n) is 14.0. The van der Waals surface area contributed by atoms with Crippen LogP contribution in [0.15, 0.2) is 168 Å². The van der Waals surface area contributed by atoms with Gasteiger partial charge in [0, 0.05) is 58.5 Å². The number of furan rings is 1.